The second-order valence-corrected chi connectivity index (χ2v) is 12.5. The summed E-state index contributed by atoms with van der Waals surface area (Å²) in [6.45, 7) is 9.97. The number of ether oxygens (including phenoxy) is 2. The average Bonchev–Trinajstić information content (AvgIpc) is 2.82. The van der Waals surface area contributed by atoms with Crippen molar-refractivity contribution >= 4 is 0 Å². The lowest BCUT2D eigenvalue weighted by Crippen LogP contribution is -2.46. The fourth-order valence-corrected chi connectivity index (χ4v) is 8.38. The Balaban J connectivity index is 1.44. The van der Waals surface area contributed by atoms with Crippen LogP contribution >= 0.6 is 0 Å². The van der Waals surface area contributed by atoms with Gasteiger partial charge in [0.05, 0.1) is 12.2 Å². The maximum atomic E-state index is 15.5. The predicted molar refractivity (Wildman–Crippen MR) is 130 cm³/mol. The third kappa shape index (κ3) is 3.61. The van der Waals surface area contributed by atoms with Crippen molar-refractivity contribution in [1.29, 1.82) is 0 Å². The third-order valence-corrected chi connectivity index (χ3v) is 9.84. The molecule has 6 rings (SSSR count). The summed E-state index contributed by atoms with van der Waals surface area (Å²) in [5.41, 5.74) is 6.03. The van der Waals surface area contributed by atoms with Crippen LogP contribution in [0.2, 0.25) is 0 Å². The zero-order valence-electron chi connectivity index (χ0n) is 21.3. The molecule has 0 amide bonds. The van der Waals surface area contributed by atoms with E-state index in [1.807, 2.05) is 13.8 Å². The molecule has 0 aromatic rings. The molecular formula is C30H40F2O2. The molecule has 0 aromatic heterocycles. The van der Waals surface area contributed by atoms with Crippen molar-refractivity contribution in [2.24, 2.45) is 35.5 Å². The van der Waals surface area contributed by atoms with Crippen molar-refractivity contribution < 1.29 is 18.3 Å². The summed E-state index contributed by atoms with van der Waals surface area (Å²) in [5, 5.41) is 0. The minimum atomic E-state index is 0.0136. The lowest BCUT2D eigenvalue weighted by molar-refractivity contribution is -0.0534. The molecule has 2 aliphatic heterocycles. The quantitative estimate of drug-likeness (QED) is 0.390. The standard InChI is InChI=1S/C30H40F2O2/c1-15-9-19-5-7-21-25(29(19)33-13-15)23(11-17(3)27(21)31)24-12-18(4)28(32)22-8-6-20-10-16(2)14-34-30(20)26(22)24/h15-16,19-20,23-24,29-30H,5-14H2,1-4H3/t15?,16?,19?,20?,23-,24?,29?,30?/m1/s1. The number of fused-ring (bicyclic) bond motifs is 4. The summed E-state index contributed by atoms with van der Waals surface area (Å²) in [7, 11) is 0. The van der Waals surface area contributed by atoms with Gasteiger partial charge in [0.25, 0.3) is 0 Å². The van der Waals surface area contributed by atoms with Crippen LogP contribution in [0.25, 0.3) is 0 Å². The fraction of sp³-hybridized carbons (Fsp3) is 0.733. The molecule has 0 bridgehead atoms. The second-order valence-electron chi connectivity index (χ2n) is 12.5. The first-order chi connectivity index (χ1) is 16.3. The summed E-state index contributed by atoms with van der Waals surface area (Å²) in [5.74, 6) is 2.48. The van der Waals surface area contributed by atoms with Gasteiger partial charge in [-0.3, -0.25) is 0 Å². The van der Waals surface area contributed by atoms with E-state index in [4.69, 9.17) is 9.47 Å². The SMILES string of the molecule is CC1=C(F)C2=C(C3OCC(C)CC3CC2)C([C@H]2CC(C)=C(F)C3=C2C2OCC(C)CC2CC3)C1. The Morgan fingerprint density at radius 2 is 1.09 bits per heavy atom. The minimum absolute atomic E-state index is 0.0136. The zero-order chi connectivity index (χ0) is 23.7. The first kappa shape index (κ1) is 23.2. The molecule has 2 fully saturated rings. The normalized spacial score (nSPS) is 42.9. The molecule has 0 N–H and O–H groups in total. The van der Waals surface area contributed by atoms with E-state index in [1.54, 1.807) is 0 Å². The molecule has 2 heterocycles. The van der Waals surface area contributed by atoms with E-state index in [0.29, 0.717) is 23.7 Å². The number of hydrogen-bond donors (Lipinski definition) is 0. The highest BCUT2D eigenvalue weighted by atomic mass is 19.1. The van der Waals surface area contributed by atoms with Crippen LogP contribution in [0.5, 0.6) is 0 Å². The minimum Gasteiger partial charge on any atom is -0.373 e. The van der Waals surface area contributed by atoms with Gasteiger partial charge in [-0.25, -0.2) is 8.78 Å². The van der Waals surface area contributed by atoms with Crippen molar-refractivity contribution in [2.45, 2.75) is 91.3 Å². The monoisotopic (exact) mass is 470 g/mol. The van der Waals surface area contributed by atoms with E-state index in [0.717, 1.165) is 86.9 Å². The van der Waals surface area contributed by atoms with Gasteiger partial charge in [-0.05, 0) is 134 Å². The topological polar surface area (TPSA) is 18.5 Å². The van der Waals surface area contributed by atoms with Crippen molar-refractivity contribution in [3.8, 4) is 0 Å². The Morgan fingerprint density at radius 1 is 0.676 bits per heavy atom. The summed E-state index contributed by atoms with van der Waals surface area (Å²) in [6.07, 6.45) is 7.47. The molecule has 0 spiro atoms. The largest absolute Gasteiger partial charge is 0.373 e. The zero-order valence-corrected chi connectivity index (χ0v) is 21.3. The van der Waals surface area contributed by atoms with Crippen molar-refractivity contribution in [3.63, 3.8) is 0 Å². The number of rotatable bonds is 1. The van der Waals surface area contributed by atoms with Crippen LogP contribution in [0, 0.1) is 35.5 Å². The average molecular weight is 471 g/mol. The summed E-state index contributed by atoms with van der Waals surface area (Å²) >= 11 is 0. The van der Waals surface area contributed by atoms with Crippen molar-refractivity contribution in [2.75, 3.05) is 13.2 Å². The molecule has 34 heavy (non-hydrogen) atoms. The van der Waals surface area contributed by atoms with E-state index in [9.17, 15) is 0 Å². The van der Waals surface area contributed by atoms with Gasteiger partial charge in [0.15, 0.2) is 0 Å². The van der Waals surface area contributed by atoms with Gasteiger partial charge < -0.3 is 9.47 Å². The van der Waals surface area contributed by atoms with Gasteiger partial charge in [0.2, 0.25) is 0 Å². The molecule has 8 atom stereocenters. The third-order valence-electron chi connectivity index (χ3n) is 9.84. The molecule has 2 nitrogen and oxygen atoms in total. The van der Waals surface area contributed by atoms with E-state index in [-0.39, 0.29) is 35.7 Å². The van der Waals surface area contributed by atoms with Crippen LogP contribution in [0.4, 0.5) is 8.78 Å². The lowest BCUT2D eigenvalue weighted by atomic mass is 9.59. The van der Waals surface area contributed by atoms with Crippen molar-refractivity contribution in [3.05, 3.63) is 45.1 Å². The summed E-state index contributed by atoms with van der Waals surface area (Å²) in [4.78, 5) is 0. The molecule has 0 aromatic carbocycles. The van der Waals surface area contributed by atoms with Crippen molar-refractivity contribution in [1.82, 2.24) is 0 Å². The van der Waals surface area contributed by atoms with Gasteiger partial charge in [-0.1, -0.05) is 13.8 Å². The smallest absolute Gasteiger partial charge is 0.125 e. The van der Waals surface area contributed by atoms with Crippen LogP contribution in [-0.4, -0.2) is 25.4 Å². The van der Waals surface area contributed by atoms with Gasteiger partial charge in [-0.2, -0.15) is 0 Å². The fourth-order valence-electron chi connectivity index (χ4n) is 8.38. The maximum absolute atomic E-state index is 15.5. The molecule has 0 radical (unpaired) electrons. The highest BCUT2D eigenvalue weighted by Crippen LogP contribution is 2.56. The Morgan fingerprint density at radius 3 is 1.50 bits per heavy atom. The molecular weight excluding hydrogens is 430 g/mol. The molecule has 6 aliphatic rings. The lowest BCUT2D eigenvalue weighted by Gasteiger charge is -2.50. The van der Waals surface area contributed by atoms with E-state index >= 15 is 8.78 Å². The van der Waals surface area contributed by atoms with E-state index < -0.39 is 0 Å². The molecule has 2 saturated heterocycles. The van der Waals surface area contributed by atoms with Gasteiger partial charge >= 0.3 is 0 Å². The first-order valence-corrected chi connectivity index (χ1v) is 13.7. The van der Waals surface area contributed by atoms with Crippen LogP contribution in [0.3, 0.4) is 0 Å². The highest BCUT2D eigenvalue weighted by Gasteiger charge is 2.49. The summed E-state index contributed by atoms with van der Waals surface area (Å²) < 4.78 is 44.0. The molecule has 4 heteroatoms. The number of hydrogen-bond acceptors (Lipinski definition) is 2. The molecule has 186 valence electrons. The Hall–Kier alpha value is -1.26. The van der Waals surface area contributed by atoms with Crippen LogP contribution in [0.1, 0.15) is 79.1 Å². The van der Waals surface area contributed by atoms with E-state index in [2.05, 4.69) is 13.8 Å². The van der Waals surface area contributed by atoms with E-state index in [1.165, 1.54) is 11.1 Å². The number of allylic oxidation sites excluding steroid dienone is 6. The molecule has 7 unspecified atom stereocenters. The summed E-state index contributed by atoms with van der Waals surface area (Å²) in [6, 6.07) is 0. The predicted octanol–water partition coefficient (Wildman–Crippen LogP) is 7.78. The van der Waals surface area contributed by atoms with Gasteiger partial charge in [0.1, 0.15) is 11.7 Å². The molecule has 4 aliphatic carbocycles. The van der Waals surface area contributed by atoms with Crippen LogP contribution in [-0.2, 0) is 9.47 Å². The maximum Gasteiger partial charge on any atom is 0.125 e. The number of halogens is 2. The van der Waals surface area contributed by atoms with Crippen LogP contribution in [0.15, 0.2) is 45.1 Å². The van der Waals surface area contributed by atoms with Crippen LogP contribution < -0.4 is 0 Å². The Bertz CT molecular complexity index is 921. The molecule has 0 saturated carbocycles. The Kier molecular flexibility index (Phi) is 5.92. The first-order valence-electron chi connectivity index (χ1n) is 13.7. The van der Waals surface area contributed by atoms with Gasteiger partial charge in [0, 0.05) is 13.2 Å². The van der Waals surface area contributed by atoms with Gasteiger partial charge in [-0.15, -0.1) is 0 Å². The second kappa shape index (κ2) is 8.69. The highest BCUT2D eigenvalue weighted by molar-refractivity contribution is 5.49. The Labute approximate surface area is 203 Å².